The molecule has 0 saturated heterocycles. The highest BCUT2D eigenvalue weighted by Crippen LogP contribution is 2.54. The van der Waals surface area contributed by atoms with Gasteiger partial charge in [-0.2, -0.15) is 43.6 Å². The van der Waals surface area contributed by atoms with Crippen molar-refractivity contribution in [3.63, 3.8) is 0 Å². The van der Waals surface area contributed by atoms with E-state index in [0.717, 1.165) is 86.4 Å². The van der Waals surface area contributed by atoms with Gasteiger partial charge in [-0.1, -0.05) is 96.9 Å². The Balaban J connectivity index is 0.00000114. The lowest BCUT2D eigenvalue weighted by molar-refractivity contribution is -0.240. The van der Waals surface area contributed by atoms with E-state index in [4.69, 9.17) is 4.18 Å². The summed E-state index contributed by atoms with van der Waals surface area (Å²) in [4.78, 5) is 0. The van der Waals surface area contributed by atoms with E-state index in [-0.39, 0.29) is 23.5 Å². The topological polar surface area (TPSA) is 38.3 Å². The molecule has 16 heteroatoms. The van der Waals surface area contributed by atoms with Crippen LogP contribution in [-0.2, 0) is 11.1 Å². The van der Waals surface area contributed by atoms with Gasteiger partial charge in [0.25, 0.3) is 11.1 Å². The molecule has 3 aliphatic rings. The molecule has 288 valence electrons. The molecule has 0 heterocycles. The first kappa shape index (κ1) is 44.8. The summed E-state index contributed by atoms with van der Waals surface area (Å²) in [7, 11) is 0. The van der Waals surface area contributed by atoms with Crippen LogP contribution in [0.25, 0.3) is 0 Å². The van der Waals surface area contributed by atoms with Crippen molar-refractivity contribution in [2.45, 2.75) is 150 Å². The normalized spacial score (nSPS) is 19.4. The van der Waals surface area contributed by atoms with E-state index in [2.05, 4.69) is 13.2 Å². The standard InChI is InChI=1S/C28H36F9NO2S3.C4H5F.C2H6/c29-25(30,26(31,32)41-38-42-28(35,36)37)27(33,34)43(39)40-24-22(19-12-6-2-7-13-19)16-21(18-10-4-1-5-11-18)17-23(24)20-14-8-3-9-15-20;1-3-4(2)5;1-2/h16-20,38H,1-15H2;3H,1-2H2;1-2H3. The predicted molar refractivity (Wildman–Crippen MR) is 184 cm³/mol. The summed E-state index contributed by atoms with van der Waals surface area (Å²) in [5, 5.41) is -11.7. The molecule has 0 aromatic heterocycles. The molecule has 0 radical (unpaired) electrons. The predicted octanol–water partition coefficient (Wildman–Crippen LogP) is 13.8. The maximum Gasteiger partial charge on any atom is 0.456 e. The second-order valence-electron chi connectivity index (χ2n) is 12.3. The maximum absolute atomic E-state index is 15.0. The Morgan fingerprint density at radius 2 is 1.14 bits per heavy atom. The quantitative estimate of drug-likeness (QED) is 0.130. The van der Waals surface area contributed by atoms with Crippen molar-refractivity contribution < 1.29 is 52.3 Å². The fourth-order valence-corrected chi connectivity index (χ4v) is 8.56. The van der Waals surface area contributed by atoms with Gasteiger partial charge in [0.1, 0.15) is 11.6 Å². The summed E-state index contributed by atoms with van der Waals surface area (Å²) in [6.45, 7) is 9.97. The van der Waals surface area contributed by atoms with Gasteiger partial charge in [-0.05, 0) is 79.0 Å². The van der Waals surface area contributed by atoms with Crippen LogP contribution in [0, 0.1) is 0 Å². The Bertz CT molecular complexity index is 1210. The van der Waals surface area contributed by atoms with Crippen LogP contribution < -0.4 is 8.31 Å². The molecular formula is C34H47F10NO2S3. The lowest BCUT2D eigenvalue weighted by Crippen LogP contribution is -2.56. The molecule has 1 unspecified atom stereocenters. The van der Waals surface area contributed by atoms with Gasteiger partial charge in [-0.3, -0.25) is 0 Å². The van der Waals surface area contributed by atoms with E-state index in [9.17, 15) is 39.3 Å². The molecule has 50 heavy (non-hydrogen) atoms. The number of hydrogen-bond acceptors (Lipinski definition) is 5. The Hall–Kier alpha value is -1.39. The third-order valence-electron chi connectivity index (χ3n) is 8.98. The van der Waals surface area contributed by atoms with Crippen LogP contribution in [0.3, 0.4) is 0 Å². The number of nitrogens with one attached hydrogen (secondary N) is 1. The highest BCUT2D eigenvalue weighted by molar-refractivity contribution is 8.13. The molecule has 1 aromatic carbocycles. The highest BCUT2D eigenvalue weighted by Gasteiger charge is 2.76. The van der Waals surface area contributed by atoms with Crippen molar-refractivity contribution in [1.29, 1.82) is 0 Å². The van der Waals surface area contributed by atoms with Crippen molar-refractivity contribution in [3.05, 3.63) is 53.9 Å². The van der Waals surface area contributed by atoms with Gasteiger partial charge in [-0.15, -0.1) is 0 Å². The van der Waals surface area contributed by atoms with E-state index < -0.39 is 62.7 Å². The van der Waals surface area contributed by atoms with E-state index >= 15 is 8.78 Å². The summed E-state index contributed by atoms with van der Waals surface area (Å²) in [5.74, 6) is -7.12. The zero-order chi connectivity index (χ0) is 37.8. The molecule has 0 amide bonds. The zero-order valence-electron chi connectivity index (χ0n) is 28.3. The van der Waals surface area contributed by atoms with Crippen LogP contribution in [0.1, 0.15) is 145 Å². The molecule has 3 saturated carbocycles. The van der Waals surface area contributed by atoms with E-state index in [1.165, 1.54) is 0 Å². The third-order valence-corrected chi connectivity index (χ3v) is 11.4. The molecular weight excluding hydrogens is 741 g/mol. The lowest BCUT2D eigenvalue weighted by atomic mass is 9.75. The van der Waals surface area contributed by atoms with Gasteiger partial charge in [-0.25, -0.2) is 8.60 Å². The summed E-state index contributed by atoms with van der Waals surface area (Å²) in [6.07, 6.45) is 14.2. The Morgan fingerprint density at radius 3 is 1.50 bits per heavy atom. The van der Waals surface area contributed by atoms with Gasteiger partial charge < -0.3 is 4.18 Å². The monoisotopic (exact) mass is 787 g/mol. The Morgan fingerprint density at radius 1 is 0.760 bits per heavy atom. The first-order valence-corrected chi connectivity index (χ1v) is 19.7. The largest absolute Gasteiger partial charge is 0.456 e. The molecule has 0 spiro atoms. The van der Waals surface area contributed by atoms with Gasteiger partial charge >= 0.3 is 21.9 Å². The molecule has 1 N–H and O–H groups in total. The molecule has 0 bridgehead atoms. The summed E-state index contributed by atoms with van der Waals surface area (Å²) in [6, 6.07) is 3.70. The molecule has 1 atom stereocenters. The van der Waals surface area contributed by atoms with Crippen molar-refractivity contribution >= 4 is 35.0 Å². The zero-order valence-corrected chi connectivity index (χ0v) is 30.8. The van der Waals surface area contributed by atoms with E-state index in [0.29, 0.717) is 36.8 Å². The number of allylic oxidation sites excluding steroid dienone is 2. The fourth-order valence-electron chi connectivity index (χ4n) is 6.49. The van der Waals surface area contributed by atoms with Crippen molar-refractivity contribution in [2.24, 2.45) is 0 Å². The van der Waals surface area contributed by atoms with Gasteiger partial charge in [0.2, 0.25) is 0 Å². The minimum Gasteiger partial charge on any atom is -0.395 e. The number of rotatable bonds is 12. The average molecular weight is 788 g/mol. The van der Waals surface area contributed by atoms with Crippen LogP contribution in [0.15, 0.2) is 37.2 Å². The second kappa shape index (κ2) is 20.2. The average Bonchev–Trinajstić information content (AvgIpc) is 3.09. The number of benzene rings is 1. The molecule has 1 aromatic rings. The Kier molecular flexibility index (Phi) is 18.1. The van der Waals surface area contributed by atoms with Crippen LogP contribution in [-0.4, -0.2) is 26.1 Å². The Labute approximate surface area is 300 Å². The molecule has 3 aliphatic carbocycles. The third kappa shape index (κ3) is 12.3. The first-order chi connectivity index (χ1) is 23.4. The van der Waals surface area contributed by atoms with Gasteiger partial charge in [0, 0.05) is 23.9 Å². The minimum atomic E-state index is -6.33. The number of alkyl halides is 9. The summed E-state index contributed by atoms with van der Waals surface area (Å²) < 4.78 is 155. The highest BCUT2D eigenvalue weighted by atomic mass is 32.2. The van der Waals surface area contributed by atoms with Crippen LogP contribution in [0.2, 0.25) is 0 Å². The van der Waals surface area contributed by atoms with Crippen molar-refractivity contribution in [3.8, 4) is 5.75 Å². The van der Waals surface area contributed by atoms with E-state index in [1.54, 1.807) is 0 Å². The van der Waals surface area contributed by atoms with E-state index in [1.807, 2.05) is 26.0 Å². The SMILES string of the molecule is C=CC(=C)F.CC.O=S(Oc1c(C2CCCCC2)cc(C2CCCCC2)cc1C1CCCCC1)C(F)(F)C(F)(F)C(F)(F)SNSC(F)(F)F. The summed E-state index contributed by atoms with van der Waals surface area (Å²) >= 11 is -7.13. The van der Waals surface area contributed by atoms with Crippen molar-refractivity contribution in [1.82, 2.24) is 4.13 Å². The smallest absolute Gasteiger partial charge is 0.395 e. The lowest BCUT2D eigenvalue weighted by Gasteiger charge is -2.33. The van der Waals surface area contributed by atoms with Crippen LogP contribution >= 0.6 is 23.9 Å². The summed E-state index contributed by atoms with van der Waals surface area (Å²) in [5.41, 5.74) is -3.13. The first-order valence-electron chi connectivity index (χ1n) is 17.0. The van der Waals surface area contributed by atoms with Gasteiger partial charge in [0.15, 0.2) is 0 Å². The fraction of sp³-hybridized carbons (Fsp3) is 0.706. The maximum atomic E-state index is 15.0. The van der Waals surface area contributed by atoms with Crippen LogP contribution in [0.4, 0.5) is 43.9 Å². The number of hydrogen-bond donors (Lipinski definition) is 1. The van der Waals surface area contributed by atoms with Crippen LogP contribution in [0.5, 0.6) is 5.75 Å². The molecule has 3 nitrogen and oxygen atoms in total. The van der Waals surface area contributed by atoms with Gasteiger partial charge in [0.05, 0.1) is 0 Å². The number of halogens is 10. The molecule has 3 fully saturated rings. The van der Waals surface area contributed by atoms with Crippen molar-refractivity contribution in [2.75, 3.05) is 0 Å². The molecule has 0 aliphatic heterocycles. The minimum absolute atomic E-state index is 0.165. The molecule has 4 rings (SSSR count). The second-order valence-corrected chi connectivity index (χ2v) is 15.5.